The topological polar surface area (TPSA) is 101 Å². The molecule has 2 aromatic rings. The van der Waals surface area contributed by atoms with Crippen LogP contribution in [0.25, 0.3) is 0 Å². The van der Waals surface area contributed by atoms with Crippen molar-refractivity contribution in [2.45, 2.75) is 24.2 Å². The van der Waals surface area contributed by atoms with Crippen LogP contribution < -0.4 is 5.43 Å². The molecule has 28 heavy (non-hydrogen) atoms. The van der Waals surface area contributed by atoms with Crippen LogP contribution in [0, 0.1) is 0 Å². The number of carbonyl (C=O) groups is 1. The number of nitrogens with one attached hydrogen (secondary N) is 1. The number of piperidine rings is 1. The maximum absolute atomic E-state index is 12.6. The standard InChI is InChI=1S/C19H22N4O4S/c1-27-19(24)16-7-5-15(6-8-16)13-21-22-18-10-9-17(14-20-18)28(25,26)23-11-3-2-4-12-23/h5-10,13-14H,2-4,11-12H2,1H3,(H,20,22)/b21-13+. The smallest absolute Gasteiger partial charge is 0.337 e. The number of aromatic nitrogens is 1. The van der Waals surface area contributed by atoms with Gasteiger partial charge in [0.25, 0.3) is 0 Å². The molecular weight excluding hydrogens is 380 g/mol. The molecule has 0 amide bonds. The summed E-state index contributed by atoms with van der Waals surface area (Å²) in [5.41, 5.74) is 4.00. The first-order valence-electron chi connectivity index (χ1n) is 8.94. The first kappa shape index (κ1) is 20.0. The summed E-state index contributed by atoms with van der Waals surface area (Å²) >= 11 is 0. The third kappa shape index (κ3) is 4.73. The van der Waals surface area contributed by atoms with Crippen LogP contribution in [0.3, 0.4) is 0 Å². The fourth-order valence-electron chi connectivity index (χ4n) is 2.85. The molecule has 1 aliphatic rings. The van der Waals surface area contributed by atoms with E-state index in [9.17, 15) is 13.2 Å². The highest BCUT2D eigenvalue weighted by Gasteiger charge is 2.26. The van der Waals surface area contributed by atoms with Crippen LogP contribution in [0.4, 0.5) is 5.82 Å². The molecule has 0 radical (unpaired) electrons. The van der Waals surface area contributed by atoms with Crippen molar-refractivity contribution in [3.8, 4) is 0 Å². The highest BCUT2D eigenvalue weighted by molar-refractivity contribution is 7.89. The maximum Gasteiger partial charge on any atom is 0.337 e. The Hall–Kier alpha value is -2.78. The summed E-state index contributed by atoms with van der Waals surface area (Å²) in [4.78, 5) is 15.7. The molecule has 9 heteroatoms. The van der Waals surface area contributed by atoms with Crippen molar-refractivity contribution >= 4 is 28.0 Å². The van der Waals surface area contributed by atoms with Gasteiger partial charge in [-0.05, 0) is 42.7 Å². The maximum atomic E-state index is 12.6. The lowest BCUT2D eigenvalue weighted by Crippen LogP contribution is -2.35. The molecule has 0 saturated carbocycles. The Labute approximate surface area is 164 Å². The predicted octanol–water partition coefficient (Wildman–Crippen LogP) is 2.49. The minimum Gasteiger partial charge on any atom is -0.465 e. The van der Waals surface area contributed by atoms with Crippen molar-refractivity contribution in [2.24, 2.45) is 5.10 Å². The fraction of sp³-hybridized carbons (Fsp3) is 0.316. The first-order chi connectivity index (χ1) is 13.5. The van der Waals surface area contributed by atoms with E-state index in [4.69, 9.17) is 0 Å². The molecule has 148 valence electrons. The van der Waals surface area contributed by atoms with Crippen LogP contribution in [-0.2, 0) is 14.8 Å². The summed E-state index contributed by atoms with van der Waals surface area (Å²) < 4.78 is 31.4. The van der Waals surface area contributed by atoms with Crippen molar-refractivity contribution < 1.29 is 17.9 Å². The third-order valence-corrected chi connectivity index (χ3v) is 6.30. The number of methoxy groups -OCH3 is 1. The number of hydrogen-bond acceptors (Lipinski definition) is 7. The molecular formula is C19H22N4O4S. The normalized spacial score (nSPS) is 15.5. The second-order valence-corrected chi connectivity index (χ2v) is 8.27. The van der Waals surface area contributed by atoms with E-state index in [1.807, 2.05) is 0 Å². The van der Waals surface area contributed by atoms with Gasteiger partial charge in [0.15, 0.2) is 0 Å². The molecule has 0 aliphatic carbocycles. The summed E-state index contributed by atoms with van der Waals surface area (Å²) in [6.45, 7) is 1.11. The van der Waals surface area contributed by atoms with E-state index >= 15 is 0 Å². The number of benzene rings is 1. The summed E-state index contributed by atoms with van der Waals surface area (Å²) in [6, 6.07) is 9.87. The van der Waals surface area contributed by atoms with Gasteiger partial charge in [-0.15, -0.1) is 0 Å². The molecule has 0 bridgehead atoms. The number of anilines is 1. The highest BCUT2D eigenvalue weighted by Crippen LogP contribution is 2.20. The lowest BCUT2D eigenvalue weighted by atomic mass is 10.1. The number of ether oxygens (including phenoxy) is 1. The van der Waals surface area contributed by atoms with Gasteiger partial charge >= 0.3 is 5.97 Å². The number of rotatable bonds is 6. The van der Waals surface area contributed by atoms with E-state index in [0.717, 1.165) is 24.8 Å². The van der Waals surface area contributed by atoms with Crippen LogP contribution in [-0.4, -0.2) is 50.1 Å². The zero-order chi connectivity index (χ0) is 20.0. The van der Waals surface area contributed by atoms with Crippen molar-refractivity contribution in [1.29, 1.82) is 0 Å². The third-order valence-electron chi connectivity index (χ3n) is 4.41. The van der Waals surface area contributed by atoms with E-state index in [-0.39, 0.29) is 4.90 Å². The van der Waals surface area contributed by atoms with Crippen LogP contribution in [0.15, 0.2) is 52.6 Å². The van der Waals surface area contributed by atoms with E-state index in [1.54, 1.807) is 36.5 Å². The molecule has 1 saturated heterocycles. The van der Waals surface area contributed by atoms with Gasteiger partial charge in [0.05, 0.1) is 18.9 Å². The zero-order valence-electron chi connectivity index (χ0n) is 15.5. The first-order valence-corrected chi connectivity index (χ1v) is 10.4. The minimum atomic E-state index is -3.49. The molecule has 2 heterocycles. The fourth-order valence-corrected chi connectivity index (χ4v) is 4.31. The lowest BCUT2D eigenvalue weighted by Gasteiger charge is -2.25. The van der Waals surface area contributed by atoms with Gasteiger partial charge in [0, 0.05) is 19.3 Å². The van der Waals surface area contributed by atoms with Gasteiger partial charge in [0.1, 0.15) is 10.7 Å². The van der Waals surface area contributed by atoms with Crippen molar-refractivity contribution in [1.82, 2.24) is 9.29 Å². The summed E-state index contributed by atoms with van der Waals surface area (Å²) in [5, 5.41) is 4.07. The second-order valence-electron chi connectivity index (χ2n) is 6.33. The molecule has 0 unspecified atom stereocenters. The van der Waals surface area contributed by atoms with Crippen LogP contribution >= 0.6 is 0 Å². The van der Waals surface area contributed by atoms with Gasteiger partial charge in [0.2, 0.25) is 10.0 Å². The van der Waals surface area contributed by atoms with Crippen molar-refractivity contribution in [3.63, 3.8) is 0 Å². The number of hydrazone groups is 1. The Balaban J connectivity index is 1.61. The van der Waals surface area contributed by atoms with Crippen LogP contribution in [0.1, 0.15) is 35.2 Å². The second kappa shape index (κ2) is 8.94. The zero-order valence-corrected chi connectivity index (χ0v) is 16.4. The average Bonchev–Trinajstić information content (AvgIpc) is 2.74. The van der Waals surface area contributed by atoms with E-state index in [2.05, 4.69) is 20.2 Å². The van der Waals surface area contributed by atoms with Crippen molar-refractivity contribution in [2.75, 3.05) is 25.6 Å². The molecule has 1 N–H and O–H groups in total. The van der Waals surface area contributed by atoms with E-state index in [1.165, 1.54) is 23.7 Å². The number of pyridine rings is 1. The summed E-state index contributed by atoms with van der Waals surface area (Å²) in [7, 11) is -2.16. The Bertz CT molecular complexity index is 935. The molecule has 3 rings (SSSR count). The number of esters is 1. The number of nitrogens with zero attached hydrogens (tertiary/aromatic N) is 3. The molecule has 1 aromatic heterocycles. The quantitative estimate of drug-likeness (QED) is 0.453. The largest absolute Gasteiger partial charge is 0.465 e. The summed E-state index contributed by atoms with van der Waals surface area (Å²) in [5.74, 6) is 0.0328. The molecule has 8 nitrogen and oxygen atoms in total. The van der Waals surface area contributed by atoms with Gasteiger partial charge in [-0.1, -0.05) is 18.6 Å². The molecule has 0 atom stereocenters. The van der Waals surface area contributed by atoms with Crippen molar-refractivity contribution in [3.05, 3.63) is 53.7 Å². The van der Waals surface area contributed by atoms with Gasteiger partial charge < -0.3 is 4.74 Å². The molecule has 1 fully saturated rings. The van der Waals surface area contributed by atoms with E-state index < -0.39 is 16.0 Å². The SMILES string of the molecule is COC(=O)c1ccc(/C=N/Nc2ccc(S(=O)(=O)N3CCCCC3)cn2)cc1. The molecule has 0 spiro atoms. The van der Waals surface area contributed by atoms with Crippen LogP contribution in [0.5, 0.6) is 0 Å². The molecule has 1 aromatic carbocycles. The van der Waals surface area contributed by atoms with Gasteiger partial charge in [-0.2, -0.15) is 9.41 Å². The Kier molecular flexibility index (Phi) is 6.37. The molecule has 1 aliphatic heterocycles. The monoisotopic (exact) mass is 402 g/mol. The number of hydrogen-bond donors (Lipinski definition) is 1. The summed E-state index contributed by atoms with van der Waals surface area (Å²) in [6.07, 6.45) is 5.76. The Morgan fingerprint density at radius 1 is 1.14 bits per heavy atom. The minimum absolute atomic E-state index is 0.183. The predicted molar refractivity (Wildman–Crippen MR) is 106 cm³/mol. The average molecular weight is 402 g/mol. The Morgan fingerprint density at radius 3 is 2.46 bits per heavy atom. The lowest BCUT2D eigenvalue weighted by molar-refractivity contribution is 0.0600. The van der Waals surface area contributed by atoms with Gasteiger partial charge in [-0.3, -0.25) is 5.43 Å². The van der Waals surface area contributed by atoms with Crippen LogP contribution in [0.2, 0.25) is 0 Å². The highest BCUT2D eigenvalue weighted by atomic mass is 32.2. The number of carbonyl (C=O) groups excluding carboxylic acids is 1. The van der Waals surface area contributed by atoms with Gasteiger partial charge in [-0.25, -0.2) is 18.2 Å². The Morgan fingerprint density at radius 2 is 1.86 bits per heavy atom. The van der Waals surface area contributed by atoms with E-state index in [0.29, 0.717) is 24.5 Å². The number of sulfonamides is 1.